The Hall–Kier alpha value is -0.870. The lowest BCUT2D eigenvalue weighted by Gasteiger charge is -2.20. The van der Waals surface area contributed by atoms with Gasteiger partial charge in [-0.25, -0.2) is 4.79 Å². The zero-order valence-corrected chi connectivity index (χ0v) is 10.3. The molecule has 0 spiro atoms. The van der Waals surface area contributed by atoms with E-state index in [0.717, 1.165) is 30.4 Å². The van der Waals surface area contributed by atoms with E-state index in [1.54, 1.807) is 6.07 Å². The van der Waals surface area contributed by atoms with Crippen LogP contribution in [0.25, 0.3) is 0 Å². The fourth-order valence-corrected chi connectivity index (χ4v) is 2.77. The minimum absolute atomic E-state index is 0.447. The van der Waals surface area contributed by atoms with E-state index < -0.39 is 5.97 Å². The summed E-state index contributed by atoms with van der Waals surface area (Å²) in [6, 6.07) is 4.40. The minimum Gasteiger partial charge on any atom is -0.477 e. The molecule has 0 atom stereocenters. The molecule has 1 fully saturated rings. The largest absolute Gasteiger partial charge is 0.477 e. The van der Waals surface area contributed by atoms with Crippen LogP contribution < -0.4 is 0 Å². The molecule has 1 saturated carbocycles. The smallest absolute Gasteiger partial charge is 0.345 e. The zero-order chi connectivity index (χ0) is 11.5. The first kappa shape index (κ1) is 11.6. The molecular weight excluding hydrogens is 222 g/mol. The molecule has 1 heterocycles. The van der Waals surface area contributed by atoms with Crippen molar-refractivity contribution in [2.75, 3.05) is 6.54 Å². The Balaban J connectivity index is 1.97. The van der Waals surface area contributed by atoms with E-state index in [2.05, 4.69) is 11.8 Å². The number of hydrogen-bond acceptors (Lipinski definition) is 3. The van der Waals surface area contributed by atoms with Crippen LogP contribution in [0.1, 0.15) is 40.7 Å². The predicted octanol–water partition coefficient (Wildman–Crippen LogP) is 2.82. The predicted molar refractivity (Wildman–Crippen MR) is 65.0 cm³/mol. The van der Waals surface area contributed by atoms with Crippen molar-refractivity contribution in [3.05, 3.63) is 21.9 Å². The molecule has 0 aromatic carbocycles. The summed E-state index contributed by atoms with van der Waals surface area (Å²) in [5.74, 6) is -0.815. The second-order valence-electron chi connectivity index (χ2n) is 4.27. The van der Waals surface area contributed by atoms with Crippen molar-refractivity contribution < 1.29 is 9.90 Å². The van der Waals surface area contributed by atoms with Gasteiger partial charge in [0.05, 0.1) is 0 Å². The third-order valence-electron chi connectivity index (χ3n) is 2.81. The van der Waals surface area contributed by atoms with Crippen molar-refractivity contribution in [3.8, 4) is 0 Å². The molecule has 3 nitrogen and oxygen atoms in total. The van der Waals surface area contributed by atoms with Gasteiger partial charge in [-0.1, -0.05) is 6.92 Å². The molecular formula is C12H17NO2S. The summed E-state index contributed by atoms with van der Waals surface area (Å²) in [6.45, 7) is 4.22. The van der Waals surface area contributed by atoms with Crippen molar-refractivity contribution in [1.29, 1.82) is 0 Å². The van der Waals surface area contributed by atoms with Crippen molar-refractivity contribution in [3.63, 3.8) is 0 Å². The number of thiophene rings is 1. The van der Waals surface area contributed by atoms with Gasteiger partial charge in [-0.3, -0.25) is 4.90 Å². The van der Waals surface area contributed by atoms with E-state index in [0.29, 0.717) is 4.88 Å². The van der Waals surface area contributed by atoms with Gasteiger partial charge >= 0.3 is 5.97 Å². The van der Waals surface area contributed by atoms with Gasteiger partial charge in [0.15, 0.2) is 0 Å². The Kier molecular flexibility index (Phi) is 3.61. The van der Waals surface area contributed by atoms with E-state index in [9.17, 15) is 4.79 Å². The fraction of sp³-hybridized carbons (Fsp3) is 0.583. The summed E-state index contributed by atoms with van der Waals surface area (Å²) in [4.78, 5) is 14.8. The molecule has 1 aromatic heterocycles. The third-order valence-corrected chi connectivity index (χ3v) is 3.86. The Labute approximate surface area is 99.7 Å². The molecule has 0 radical (unpaired) electrons. The van der Waals surface area contributed by atoms with Gasteiger partial charge in [0.1, 0.15) is 4.88 Å². The molecule has 1 aromatic rings. The molecule has 0 saturated heterocycles. The van der Waals surface area contributed by atoms with E-state index in [1.165, 1.54) is 24.2 Å². The van der Waals surface area contributed by atoms with Crippen LogP contribution in [0, 0.1) is 0 Å². The first-order chi connectivity index (χ1) is 7.70. The van der Waals surface area contributed by atoms with Gasteiger partial charge < -0.3 is 5.11 Å². The van der Waals surface area contributed by atoms with Crippen LogP contribution in [-0.2, 0) is 6.54 Å². The second-order valence-corrected chi connectivity index (χ2v) is 5.44. The highest BCUT2D eigenvalue weighted by Crippen LogP contribution is 2.29. The molecule has 16 heavy (non-hydrogen) atoms. The number of rotatable bonds is 6. The molecule has 1 aliphatic carbocycles. The van der Waals surface area contributed by atoms with E-state index in [-0.39, 0.29) is 0 Å². The average molecular weight is 239 g/mol. The fourth-order valence-electron chi connectivity index (χ4n) is 1.90. The molecule has 0 aliphatic heterocycles. The molecule has 4 heteroatoms. The Morgan fingerprint density at radius 2 is 2.31 bits per heavy atom. The normalized spacial score (nSPS) is 15.6. The Bertz CT molecular complexity index is 371. The molecule has 88 valence electrons. The first-order valence-electron chi connectivity index (χ1n) is 5.76. The van der Waals surface area contributed by atoms with Crippen LogP contribution in [0.15, 0.2) is 12.1 Å². The van der Waals surface area contributed by atoms with Gasteiger partial charge in [0.2, 0.25) is 0 Å². The molecule has 0 bridgehead atoms. The monoisotopic (exact) mass is 239 g/mol. The van der Waals surface area contributed by atoms with Crippen molar-refractivity contribution in [2.45, 2.75) is 38.8 Å². The summed E-state index contributed by atoms with van der Waals surface area (Å²) in [5, 5.41) is 8.85. The highest BCUT2D eigenvalue weighted by molar-refractivity contribution is 7.13. The molecule has 1 N–H and O–H groups in total. The topological polar surface area (TPSA) is 40.5 Å². The maximum absolute atomic E-state index is 10.8. The Morgan fingerprint density at radius 1 is 1.56 bits per heavy atom. The number of carboxylic acid groups (broad SMARTS) is 1. The van der Waals surface area contributed by atoms with Crippen LogP contribution in [-0.4, -0.2) is 28.6 Å². The lowest BCUT2D eigenvalue weighted by molar-refractivity contribution is 0.0702. The third kappa shape index (κ3) is 2.83. The number of aromatic carboxylic acids is 1. The first-order valence-corrected chi connectivity index (χ1v) is 6.58. The molecule has 0 amide bonds. The Morgan fingerprint density at radius 3 is 2.81 bits per heavy atom. The van der Waals surface area contributed by atoms with Crippen LogP contribution >= 0.6 is 11.3 Å². The summed E-state index contributed by atoms with van der Waals surface area (Å²) in [7, 11) is 0. The number of carboxylic acids is 1. The average Bonchev–Trinajstić information content (AvgIpc) is 2.98. The van der Waals surface area contributed by atoms with Gasteiger partial charge in [-0.15, -0.1) is 11.3 Å². The molecule has 0 unspecified atom stereocenters. The molecule has 1 aliphatic rings. The van der Waals surface area contributed by atoms with E-state index >= 15 is 0 Å². The maximum Gasteiger partial charge on any atom is 0.345 e. The van der Waals surface area contributed by atoms with Gasteiger partial charge in [-0.2, -0.15) is 0 Å². The lowest BCUT2D eigenvalue weighted by atomic mass is 10.3. The zero-order valence-electron chi connectivity index (χ0n) is 9.48. The summed E-state index contributed by atoms with van der Waals surface area (Å²) in [5.41, 5.74) is 0. The van der Waals surface area contributed by atoms with Gasteiger partial charge in [0.25, 0.3) is 0 Å². The summed E-state index contributed by atoms with van der Waals surface area (Å²) >= 11 is 1.40. The summed E-state index contributed by atoms with van der Waals surface area (Å²) < 4.78 is 0. The number of carbonyl (C=O) groups is 1. The van der Waals surface area contributed by atoms with Gasteiger partial charge in [-0.05, 0) is 37.9 Å². The quantitative estimate of drug-likeness (QED) is 0.830. The lowest BCUT2D eigenvalue weighted by Crippen LogP contribution is -2.25. The van der Waals surface area contributed by atoms with Crippen LogP contribution in [0.2, 0.25) is 0 Å². The van der Waals surface area contributed by atoms with E-state index in [4.69, 9.17) is 5.11 Å². The second kappa shape index (κ2) is 4.97. The summed E-state index contributed by atoms with van der Waals surface area (Å²) in [6.07, 6.45) is 3.77. The SMILES string of the molecule is CCCN(Cc1ccc(C(=O)O)s1)C1CC1. The number of nitrogens with zero attached hydrogens (tertiary/aromatic N) is 1. The van der Waals surface area contributed by atoms with Crippen molar-refractivity contribution >= 4 is 17.3 Å². The standard InChI is InChI=1S/C12H17NO2S/c1-2-7-13(9-3-4-9)8-10-5-6-11(16-10)12(14)15/h5-6,9H,2-4,7-8H2,1H3,(H,14,15). The minimum atomic E-state index is -0.815. The van der Waals surface area contributed by atoms with E-state index in [1.807, 2.05) is 6.07 Å². The maximum atomic E-state index is 10.8. The highest BCUT2D eigenvalue weighted by atomic mass is 32.1. The van der Waals surface area contributed by atoms with Gasteiger partial charge in [0, 0.05) is 17.5 Å². The van der Waals surface area contributed by atoms with Crippen LogP contribution in [0.4, 0.5) is 0 Å². The van der Waals surface area contributed by atoms with Crippen LogP contribution in [0.5, 0.6) is 0 Å². The number of hydrogen-bond donors (Lipinski definition) is 1. The van der Waals surface area contributed by atoms with Crippen LogP contribution in [0.3, 0.4) is 0 Å². The highest BCUT2D eigenvalue weighted by Gasteiger charge is 2.28. The van der Waals surface area contributed by atoms with Crippen molar-refractivity contribution in [1.82, 2.24) is 4.90 Å². The molecule has 2 rings (SSSR count). The van der Waals surface area contributed by atoms with Crippen molar-refractivity contribution in [2.24, 2.45) is 0 Å².